The van der Waals surface area contributed by atoms with Gasteiger partial charge in [-0.25, -0.2) is 4.68 Å². The van der Waals surface area contributed by atoms with E-state index in [9.17, 15) is 5.11 Å². The molecule has 2 N–H and O–H groups in total. The van der Waals surface area contributed by atoms with Gasteiger partial charge < -0.3 is 14.6 Å². The van der Waals surface area contributed by atoms with Gasteiger partial charge in [-0.15, -0.1) is 5.10 Å². The Hall–Kier alpha value is -3.70. The Kier molecular flexibility index (Phi) is 6.75. The van der Waals surface area contributed by atoms with Crippen LogP contribution in [0.15, 0.2) is 18.5 Å². The quantitative estimate of drug-likeness (QED) is 0.437. The number of pyridine rings is 1. The van der Waals surface area contributed by atoms with E-state index in [1.807, 2.05) is 36.9 Å². The third kappa shape index (κ3) is 4.47. The zero-order chi connectivity index (χ0) is 25.2. The molecule has 11 nitrogen and oxygen atoms in total. The maximum absolute atomic E-state index is 9.70. The molecule has 11 heteroatoms. The Morgan fingerprint density at radius 2 is 2.11 bits per heavy atom. The van der Waals surface area contributed by atoms with E-state index in [1.54, 1.807) is 17.1 Å². The van der Waals surface area contributed by atoms with Gasteiger partial charge in [0.15, 0.2) is 0 Å². The summed E-state index contributed by atoms with van der Waals surface area (Å²) in [6.07, 6.45) is 7.42. The van der Waals surface area contributed by atoms with Gasteiger partial charge in [0.05, 0.1) is 65.9 Å². The lowest BCUT2D eigenvalue weighted by Crippen LogP contribution is -2.34. The maximum Gasteiger partial charge on any atom is 0.240 e. The summed E-state index contributed by atoms with van der Waals surface area (Å²) in [5, 5.41) is 27.3. The fourth-order valence-electron chi connectivity index (χ4n) is 4.57. The topological polar surface area (TPSA) is 119 Å². The molecule has 0 spiro atoms. The molecule has 0 saturated heterocycles. The molecule has 5 heterocycles. The first kappa shape index (κ1) is 24.0. The van der Waals surface area contributed by atoms with Crippen molar-refractivity contribution in [3.05, 3.63) is 35.4 Å². The molecule has 0 aliphatic carbocycles. The van der Waals surface area contributed by atoms with Crippen molar-refractivity contribution >= 4 is 23.1 Å². The first-order chi connectivity index (χ1) is 17.5. The number of likely N-dealkylation sites (N-methyl/N-ethyl adjacent to an activating group) is 1. The zero-order valence-corrected chi connectivity index (χ0v) is 21.1. The number of fused-ring (bicyclic) bond motifs is 4. The molecule has 0 saturated carbocycles. The van der Waals surface area contributed by atoms with Gasteiger partial charge in [0, 0.05) is 25.5 Å². The van der Waals surface area contributed by atoms with Crippen LogP contribution in [0.2, 0.25) is 0 Å². The van der Waals surface area contributed by atoms with Crippen molar-refractivity contribution in [2.45, 2.75) is 40.0 Å². The number of H-pyrrole nitrogens is 1. The summed E-state index contributed by atoms with van der Waals surface area (Å²) < 4.78 is 15.9. The first-order valence-corrected chi connectivity index (χ1v) is 12.3. The SMILES string of the molecule is CCOc1nn(CCO)c2c1/C=C/c1n[nH]c3cnc(cc13)-c1cnn(C)c1O[C@H](C)CN(CC)C2. The van der Waals surface area contributed by atoms with Crippen LogP contribution < -0.4 is 9.47 Å². The average molecular weight is 493 g/mol. The van der Waals surface area contributed by atoms with E-state index in [2.05, 4.69) is 44.1 Å². The van der Waals surface area contributed by atoms with Gasteiger partial charge in [-0.3, -0.25) is 19.7 Å². The Balaban J connectivity index is 1.69. The Morgan fingerprint density at radius 3 is 2.89 bits per heavy atom. The number of rotatable bonds is 5. The highest BCUT2D eigenvalue weighted by Crippen LogP contribution is 2.32. The number of nitrogens with zero attached hydrogens (tertiary/aromatic N) is 7. The molecule has 4 aromatic heterocycles. The number of aliphatic hydroxyl groups is 1. The van der Waals surface area contributed by atoms with Crippen molar-refractivity contribution < 1.29 is 14.6 Å². The predicted molar refractivity (Wildman–Crippen MR) is 137 cm³/mol. The third-order valence-electron chi connectivity index (χ3n) is 6.35. The van der Waals surface area contributed by atoms with Crippen molar-refractivity contribution in [3.63, 3.8) is 0 Å². The van der Waals surface area contributed by atoms with E-state index in [-0.39, 0.29) is 12.7 Å². The van der Waals surface area contributed by atoms with Gasteiger partial charge >= 0.3 is 0 Å². The summed E-state index contributed by atoms with van der Waals surface area (Å²) in [6.45, 7) is 9.09. The smallest absolute Gasteiger partial charge is 0.240 e. The number of aliphatic hydroxyl groups excluding tert-OH is 1. The highest BCUT2D eigenvalue weighted by Gasteiger charge is 2.23. The molecule has 2 bridgehead atoms. The van der Waals surface area contributed by atoms with Crippen molar-refractivity contribution in [1.29, 1.82) is 0 Å². The fourth-order valence-corrected chi connectivity index (χ4v) is 4.57. The monoisotopic (exact) mass is 492 g/mol. The number of aromatic amines is 1. The molecule has 0 radical (unpaired) electrons. The molecule has 0 fully saturated rings. The van der Waals surface area contributed by atoms with E-state index in [4.69, 9.17) is 9.47 Å². The molecule has 1 aliphatic rings. The number of aromatic nitrogens is 7. The molecule has 0 amide bonds. The van der Waals surface area contributed by atoms with Gasteiger partial charge in [0.1, 0.15) is 6.10 Å². The summed E-state index contributed by atoms with van der Waals surface area (Å²) in [6, 6.07) is 2.00. The van der Waals surface area contributed by atoms with Crippen LogP contribution in [0.25, 0.3) is 34.3 Å². The number of hydrogen-bond acceptors (Lipinski definition) is 8. The zero-order valence-electron chi connectivity index (χ0n) is 21.1. The van der Waals surface area contributed by atoms with E-state index >= 15 is 0 Å². The summed E-state index contributed by atoms with van der Waals surface area (Å²) in [5.74, 6) is 1.22. The number of hydrogen-bond donors (Lipinski definition) is 2. The second-order valence-corrected chi connectivity index (χ2v) is 8.85. The Morgan fingerprint density at radius 1 is 1.25 bits per heavy atom. The highest BCUT2D eigenvalue weighted by atomic mass is 16.5. The van der Waals surface area contributed by atoms with Crippen LogP contribution in [0.5, 0.6) is 11.8 Å². The maximum atomic E-state index is 9.70. The van der Waals surface area contributed by atoms with E-state index in [0.29, 0.717) is 38.0 Å². The molecular weight excluding hydrogens is 460 g/mol. The third-order valence-corrected chi connectivity index (χ3v) is 6.35. The lowest BCUT2D eigenvalue weighted by Gasteiger charge is -2.25. The molecule has 1 atom stereocenters. The second kappa shape index (κ2) is 10.1. The van der Waals surface area contributed by atoms with Gasteiger partial charge in [-0.2, -0.15) is 10.2 Å². The minimum Gasteiger partial charge on any atom is -0.476 e. The van der Waals surface area contributed by atoms with Crippen LogP contribution in [0.3, 0.4) is 0 Å². The summed E-state index contributed by atoms with van der Waals surface area (Å²) >= 11 is 0. The van der Waals surface area contributed by atoms with Crippen LogP contribution in [0.4, 0.5) is 0 Å². The largest absolute Gasteiger partial charge is 0.476 e. The normalized spacial score (nSPS) is 17.3. The average Bonchev–Trinajstić information content (AvgIpc) is 3.53. The van der Waals surface area contributed by atoms with Crippen LogP contribution in [0, 0.1) is 0 Å². The lowest BCUT2D eigenvalue weighted by atomic mass is 10.1. The molecule has 190 valence electrons. The molecule has 1 aliphatic heterocycles. The minimum atomic E-state index is -0.114. The van der Waals surface area contributed by atoms with Gasteiger partial charge in [-0.05, 0) is 38.6 Å². The van der Waals surface area contributed by atoms with Crippen molar-refractivity contribution in [2.24, 2.45) is 7.05 Å². The molecule has 4 aromatic rings. The number of aryl methyl sites for hydroxylation is 1. The minimum absolute atomic E-state index is 0.0158. The molecule has 36 heavy (non-hydrogen) atoms. The van der Waals surface area contributed by atoms with Gasteiger partial charge in [0.25, 0.3) is 0 Å². The summed E-state index contributed by atoms with van der Waals surface area (Å²) in [4.78, 5) is 6.94. The van der Waals surface area contributed by atoms with Crippen LogP contribution in [-0.4, -0.2) is 77.2 Å². The summed E-state index contributed by atoms with van der Waals surface area (Å²) in [5.41, 5.74) is 5.06. The Bertz CT molecular complexity index is 1390. The van der Waals surface area contributed by atoms with Crippen molar-refractivity contribution in [3.8, 4) is 23.0 Å². The first-order valence-electron chi connectivity index (χ1n) is 12.3. The highest BCUT2D eigenvalue weighted by molar-refractivity contribution is 5.91. The molecule has 0 unspecified atom stereocenters. The standard InChI is InChI=1S/C25H32N8O3/c1-5-32-14-16(3)36-25-19(12-27-31(25)4)21-11-18-20(28-29-22(18)13-26-21)8-7-17-23(15-32)33(9-10-34)30-24(17)35-6-2/h7-8,11-13,16,34H,5-6,9-10,14-15H2,1-4H3,(H,28,29)/b8-7+/t16-/m1/s1. The molecule has 0 aromatic carbocycles. The lowest BCUT2D eigenvalue weighted by molar-refractivity contribution is 0.133. The van der Waals surface area contributed by atoms with Gasteiger partial charge in [0.2, 0.25) is 11.8 Å². The van der Waals surface area contributed by atoms with Crippen LogP contribution in [0.1, 0.15) is 37.7 Å². The van der Waals surface area contributed by atoms with Crippen molar-refractivity contribution in [1.82, 2.24) is 39.6 Å². The summed E-state index contributed by atoms with van der Waals surface area (Å²) in [7, 11) is 1.87. The fraction of sp³-hybridized carbons (Fsp3) is 0.440. The van der Waals surface area contributed by atoms with E-state index in [1.165, 1.54) is 0 Å². The second-order valence-electron chi connectivity index (χ2n) is 8.85. The van der Waals surface area contributed by atoms with E-state index in [0.717, 1.165) is 45.7 Å². The van der Waals surface area contributed by atoms with Crippen LogP contribution >= 0.6 is 0 Å². The number of nitrogens with one attached hydrogen (secondary N) is 1. The van der Waals surface area contributed by atoms with Gasteiger partial charge in [-0.1, -0.05) is 6.92 Å². The Labute approximate surface area is 209 Å². The number of ether oxygens (including phenoxy) is 2. The predicted octanol–water partition coefficient (Wildman–Crippen LogP) is 2.72. The van der Waals surface area contributed by atoms with E-state index < -0.39 is 0 Å². The molecule has 5 rings (SSSR count). The van der Waals surface area contributed by atoms with Crippen molar-refractivity contribution in [2.75, 3.05) is 26.3 Å². The van der Waals surface area contributed by atoms with Crippen LogP contribution in [-0.2, 0) is 20.1 Å². The molecular formula is C25H32N8O3.